The third kappa shape index (κ3) is 4.98. The smallest absolute Gasteiger partial charge is 0.409 e. The fraction of sp³-hybridized carbons (Fsp3) is 0.545. The molecule has 2 aliphatic heterocycles. The Morgan fingerprint density at radius 2 is 1.57 bits per heavy atom. The molecule has 162 valence electrons. The molecule has 1 saturated heterocycles. The molecule has 0 unspecified atom stereocenters. The normalized spacial score (nSPS) is 16.7. The first-order valence-corrected chi connectivity index (χ1v) is 10.5. The molecule has 0 atom stereocenters. The Morgan fingerprint density at radius 1 is 0.967 bits per heavy atom. The van der Waals surface area contributed by atoms with Crippen molar-refractivity contribution in [2.24, 2.45) is 5.92 Å². The van der Waals surface area contributed by atoms with E-state index in [1.54, 1.807) is 34.1 Å². The van der Waals surface area contributed by atoms with Crippen LogP contribution in [0.3, 0.4) is 0 Å². The number of ether oxygens (including phenoxy) is 1. The van der Waals surface area contributed by atoms with Gasteiger partial charge in [-0.1, -0.05) is 26.0 Å². The molecule has 0 spiro atoms. The number of fused-ring (bicyclic) bond motifs is 1. The fourth-order valence-electron chi connectivity index (χ4n) is 3.67. The van der Waals surface area contributed by atoms with E-state index in [4.69, 9.17) is 4.74 Å². The zero-order valence-electron chi connectivity index (χ0n) is 17.6. The average molecular weight is 415 g/mol. The van der Waals surface area contributed by atoms with Crippen molar-refractivity contribution >= 4 is 23.8 Å². The van der Waals surface area contributed by atoms with Crippen LogP contribution in [0, 0.1) is 5.92 Å². The van der Waals surface area contributed by atoms with Crippen LogP contribution in [0.4, 0.5) is 4.79 Å². The summed E-state index contributed by atoms with van der Waals surface area (Å²) in [5, 5.41) is 0. The van der Waals surface area contributed by atoms with E-state index in [0.717, 1.165) is 0 Å². The SMILES string of the molecule is CC(C)COC(=O)N1CCCN(C(=O)CCCN2C(=O)c3ccccc3C2=O)CC1. The quantitative estimate of drug-likeness (QED) is 0.666. The lowest BCUT2D eigenvalue weighted by molar-refractivity contribution is -0.131. The van der Waals surface area contributed by atoms with E-state index in [2.05, 4.69) is 0 Å². The predicted molar refractivity (Wildman–Crippen MR) is 110 cm³/mol. The molecule has 0 radical (unpaired) electrons. The number of rotatable bonds is 6. The van der Waals surface area contributed by atoms with Gasteiger partial charge in [0.2, 0.25) is 5.91 Å². The molecule has 1 fully saturated rings. The van der Waals surface area contributed by atoms with Crippen LogP contribution in [0.15, 0.2) is 24.3 Å². The van der Waals surface area contributed by atoms with Gasteiger partial charge in [-0.2, -0.15) is 0 Å². The number of carbonyl (C=O) groups is 4. The van der Waals surface area contributed by atoms with Crippen molar-refractivity contribution in [1.82, 2.24) is 14.7 Å². The zero-order valence-corrected chi connectivity index (χ0v) is 17.6. The summed E-state index contributed by atoms with van der Waals surface area (Å²) in [7, 11) is 0. The second-order valence-corrected chi connectivity index (χ2v) is 8.10. The van der Waals surface area contributed by atoms with Gasteiger partial charge in [-0.15, -0.1) is 0 Å². The van der Waals surface area contributed by atoms with Gasteiger partial charge in [-0.25, -0.2) is 4.79 Å². The molecule has 1 aromatic carbocycles. The van der Waals surface area contributed by atoms with E-state index < -0.39 is 0 Å². The van der Waals surface area contributed by atoms with E-state index >= 15 is 0 Å². The van der Waals surface area contributed by atoms with Crippen molar-refractivity contribution in [3.63, 3.8) is 0 Å². The maximum Gasteiger partial charge on any atom is 0.409 e. The first kappa shape index (κ1) is 21.8. The van der Waals surface area contributed by atoms with Crippen LogP contribution in [-0.2, 0) is 9.53 Å². The van der Waals surface area contributed by atoms with Crippen molar-refractivity contribution in [3.8, 4) is 0 Å². The second-order valence-electron chi connectivity index (χ2n) is 8.10. The molecular weight excluding hydrogens is 386 g/mol. The minimum atomic E-state index is -0.330. The lowest BCUT2D eigenvalue weighted by Gasteiger charge is -2.22. The summed E-state index contributed by atoms with van der Waals surface area (Å²) in [6, 6.07) is 6.77. The van der Waals surface area contributed by atoms with E-state index in [0.29, 0.717) is 56.8 Å². The minimum Gasteiger partial charge on any atom is -0.449 e. The molecule has 8 heteroatoms. The van der Waals surface area contributed by atoms with Gasteiger partial charge < -0.3 is 14.5 Å². The van der Waals surface area contributed by atoms with Crippen LogP contribution in [0.1, 0.15) is 53.8 Å². The molecule has 0 aliphatic carbocycles. The number of hydrogen-bond acceptors (Lipinski definition) is 5. The molecule has 0 aromatic heterocycles. The number of hydrogen-bond donors (Lipinski definition) is 0. The molecule has 2 aliphatic rings. The van der Waals surface area contributed by atoms with E-state index in [1.165, 1.54) is 4.90 Å². The number of benzene rings is 1. The molecule has 8 nitrogen and oxygen atoms in total. The Balaban J connectivity index is 1.44. The highest BCUT2D eigenvalue weighted by atomic mass is 16.6. The van der Waals surface area contributed by atoms with Crippen LogP contribution in [-0.4, -0.2) is 77.8 Å². The highest BCUT2D eigenvalue weighted by Gasteiger charge is 2.34. The van der Waals surface area contributed by atoms with Crippen molar-refractivity contribution in [2.75, 3.05) is 39.3 Å². The summed E-state index contributed by atoms with van der Waals surface area (Å²) in [5.41, 5.74) is 0.844. The lowest BCUT2D eigenvalue weighted by atomic mass is 10.1. The van der Waals surface area contributed by atoms with Gasteiger partial charge in [-0.05, 0) is 30.9 Å². The largest absolute Gasteiger partial charge is 0.449 e. The molecule has 0 N–H and O–H groups in total. The van der Waals surface area contributed by atoms with Crippen LogP contribution < -0.4 is 0 Å². The van der Waals surface area contributed by atoms with Crippen LogP contribution in [0.5, 0.6) is 0 Å². The number of amides is 4. The summed E-state index contributed by atoms with van der Waals surface area (Å²) in [6.45, 7) is 6.63. The average Bonchev–Trinajstić information content (AvgIpc) is 2.91. The number of carbonyl (C=O) groups excluding carboxylic acids is 4. The van der Waals surface area contributed by atoms with Crippen molar-refractivity contribution in [3.05, 3.63) is 35.4 Å². The van der Waals surface area contributed by atoms with E-state index in [-0.39, 0.29) is 42.7 Å². The highest BCUT2D eigenvalue weighted by molar-refractivity contribution is 6.21. The molecule has 30 heavy (non-hydrogen) atoms. The summed E-state index contributed by atoms with van der Waals surface area (Å²) in [4.78, 5) is 54.1. The van der Waals surface area contributed by atoms with Gasteiger partial charge in [0.15, 0.2) is 0 Å². The van der Waals surface area contributed by atoms with Gasteiger partial charge in [-0.3, -0.25) is 19.3 Å². The third-order valence-electron chi connectivity index (χ3n) is 5.30. The molecule has 3 rings (SSSR count). The van der Waals surface area contributed by atoms with Gasteiger partial charge in [0.05, 0.1) is 17.7 Å². The highest BCUT2D eigenvalue weighted by Crippen LogP contribution is 2.22. The zero-order chi connectivity index (χ0) is 21.7. The summed E-state index contributed by atoms with van der Waals surface area (Å²) in [5.74, 6) is -0.341. The maximum atomic E-state index is 12.6. The topological polar surface area (TPSA) is 87.2 Å². The monoisotopic (exact) mass is 415 g/mol. The van der Waals surface area contributed by atoms with Gasteiger partial charge >= 0.3 is 6.09 Å². The molecule has 1 aromatic rings. The minimum absolute atomic E-state index is 0.0241. The Labute approximate surface area is 176 Å². The standard InChI is InChI=1S/C22H29N3O5/c1-16(2)15-30-22(29)24-11-6-10-23(13-14-24)19(26)9-5-12-25-20(27)17-7-3-4-8-18(17)21(25)28/h3-4,7-8,16H,5-6,9-15H2,1-2H3. The Hall–Kier alpha value is -2.90. The summed E-state index contributed by atoms with van der Waals surface area (Å²) >= 11 is 0. The van der Waals surface area contributed by atoms with Gasteiger partial charge in [0, 0.05) is 39.1 Å². The molecule has 2 heterocycles. The number of imide groups is 1. The Bertz CT molecular complexity index is 788. The first-order chi connectivity index (χ1) is 14.4. The van der Waals surface area contributed by atoms with Crippen LogP contribution in [0.2, 0.25) is 0 Å². The lowest BCUT2D eigenvalue weighted by Crippen LogP contribution is -2.38. The van der Waals surface area contributed by atoms with Crippen LogP contribution in [0.25, 0.3) is 0 Å². The molecule has 0 bridgehead atoms. The Kier molecular flexibility index (Phi) is 7.07. The third-order valence-corrected chi connectivity index (χ3v) is 5.30. The van der Waals surface area contributed by atoms with Crippen molar-refractivity contribution in [1.29, 1.82) is 0 Å². The van der Waals surface area contributed by atoms with Crippen LogP contribution >= 0.6 is 0 Å². The molecule has 4 amide bonds. The number of nitrogens with zero attached hydrogens (tertiary/aromatic N) is 3. The first-order valence-electron chi connectivity index (χ1n) is 10.5. The Morgan fingerprint density at radius 3 is 2.20 bits per heavy atom. The van der Waals surface area contributed by atoms with E-state index in [9.17, 15) is 19.2 Å². The predicted octanol–water partition coefficient (Wildman–Crippen LogP) is 2.39. The van der Waals surface area contributed by atoms with E-state index in [1.807, 2.05) is 13.8 Å². The second kappa shape index (κ2) is 9.73. The molecular formula is C22H29N3O5. The van der Waals surface area contributed by atoms with Gasteiger partial charge in [0.25, 0.3) is 11.8 Å². The summed E-state index contributed by atoms with van der Waals surface area (Å²) in [6.07, 6.45) is 1.04. The van der Waals surface area contributed by atoms with Crippen molar-refractivity contribution < 1.29 is 23.9 Å². The summed E-state index contributed by atoms with van der Waals surface area (Å²) < 4.78 is 5.28. The molecule has 0 saturated carbocycles. The van der Waals surface area contributed by atoms with Crippen molar-refractivity contribution in [2.45, 2.75) is 33.1 Å². The van der Waals surface area contributed by atoms with Gasteiger partial charge in [0.1, 0.15) is 0 Å². The fourth-order valence-corrected chi connectivity index (χ4v) is 3.67. The maximum absolute atomic E-state index is 12.6.